The summed E-state index contributed by atoms with van der Waals surface area (Å²) in [5.41, 5.74) is 0.195. The molecule has 4 rings (SSSR count). The van der Waals surface area contributed by atoms with Crippen LogP contribution in [-0.4, -0.2) is 41.8 Å². The molecule has 0 saturated carbocycles. The summed E-state index contributed by atoms with van der Waals surface area (Å²) < 4.78 is 32.4. The van der Waals surface area contributed by atoms with Gasteiger partial charge < -0.3 is 4.74 Å². The zero-order chi connectivity index (χ0) is 21.4. The average molecular weight is 419 g/mol. The second-order valence-corrected chi connectivity index (χ2v) is 11.7. The zero-order valence-corrected chi connectivity index (χ0v) is 17.8. The number of carbonyl (C=O) groups is 1. The van der Waals surface area contributed by atoms with Gasteiger partial charge in [0.2, 0.25) is 0 Å². The number of nitro groups is 1. The SMILES string of the molecule is Cc1ccc([C@@H]2C3=C(CC(C)(C)CC3=O)O[C@]3(C)[C@@H]([N+](=O)[O-])CS(=O)(=O)[C@@H]23)cc1. The number of Topliss-reactive ketones (excluding diaryl/α,β-unsaturated/α-hetero) is 1. The number of ketones is 1. The van der Waals surface area contributed by atoms with Crippen LogP contribution in [0.4, 0.5) is 0 Å². The third kappa shape index (κ3) is 2.99. The molecule has 1 aromatic carbocycles. The van der Waals surface area contributed by atoms with Crippen molar-refractivity contribution in [2.24, 2.45) is 5.41 Å². The summed E-state index contributed by atoms with van der Waals surface area (Å²) in [7, 11) is -3.86. The predicted molar refractivity (Wildman–Crippen MR) is 107 cm³/mol. The first-order chi connectivity index (χ1) is 13.4. The molecule has 0 bridgehead atoms. The smallest absolute Gasteiger partial charge is 0.266 e. The molecule has 1 fully saturated rings. The molecule has 8 heteroatoms. The standard InChI is InChI=1S/C21H25NO6S/c1-12-5-7-13(8-6-12)17-18-14(23)9-20(2,3)10-15(18)28-21(4)16(22(24)25)11-29(26,27)19(17)21/h5-8,16-17,19H,9-11H2,1-4H3/t16-,17+,19-,21+/m0/s1. The molecule has 4 atom stereocenters. The Hall–Kier alpha value is -2.22. The lowest BCUT2D eigenvalue weighted by atomic mass is 9.68. The maximum Gasteiger partial charge on any atom is 0.266 e. The van der Waals surface area contributed by atoms with E-state index in [1.807, 2.05) is 45.0 Å². The number of aryl methyl sites for hydroxylation is 1. The number of nitrogens with zero attached hydrogens (tertiary/aromatic N) is 1. The first-order valence-corrected chi connectivity index (χ1v) is 11.4. The molecule has 156 valence electrons. The van der Waals surface area contributed by atoms with E-state index < -0.39 is 43.3 Å². The Bertz CT molecular complexity index is 1040. The van der Waals surface area contributed by atoms with Gasteiger partial charge in [-0.15, -0.1) is 0 Å². The minimum atomic E-state index is -3.86. The number of hydrogen-bond donors (Lipinski definition) is 0. The minimum absolute atomic E-state index is 0.136. The largest absolute Gasteiger partial charge is 0.483 e. The first kappa shape index (κ1) is 20.1. The second-order valence-electron chi connectivity index (χ2n) is 9.50. The van der Waals surface area contributed by atoms with Crippen LogP contribution in [0, 0.1) is 22.5 Å². The van der Waals surface area contributed by atoms with Crippen LogP contribution in [0.5, 0.6) is 0 Å². The number of hydrogen-bond acceptors (Lipinski definition) is 6. The van der Waals surface area contributed by atoms with Crippen LogP contribution in [0.25, 0.3) is 0 Å². The molecule has 0 amide bonds. The highest BCUT2D eigenvalue weighted by Crippen LogP contribution is 2.55. The zero-order valence-electron chi connectivity index (χ0n) is 17.0. The number of benzene rings is 1. The quantitative estimate of drug-likeness (QED) is 0.539. The molecule has 2 heterocycles. The number of ether oxygens (including phenoxy) is 1. The third-order valence-electron chi connectivity index (χ3n) is 6.53. The van der Waals surface area contributed by atoms with Crippen molar-refractivity contribution in [2.75, 3.05) is 5.75 Å². The van der Waals surface area contributed by atoms with Crippen molar-refractivity contribution in [2.45, 2.75) is 63.3 Å². The van der Waals surface area contributed by atoms with Crippen LogP contribution in [0.3, 0.4) is 0 Å². The first-order valence-electron chi connectivity index (χ1n) is 9.73. The summed E-state index contributed by atoms with van der Waals surface area (Å²) >= 11 is 0. The van der Waals surface area contributed by atoms with Gasteiger partial charge in [-0.2, -0.15) is 0 Å². The maximum absolute atomic E-state index is 13.2. The molecule has 7 nitrogen and oxygen atoms in total. The fraction of sp³-hybridized carbons (Fsp3) is 0.571. The van der Waals surface area contributed by atoms with Gasteiger partial charge in [-0.25, -0.2) is 8.42 Å². The lowest BCUT2D eigenvalue weighted by Crippen LogP contribution is -2.56. The lowest BCUT2D eigenvalue weighted by Gasteiger charge is -2.46. The Balaban J connectivity index is 1.99. The minimum Gasteiger partial charge on any atom is -0.483 e. The van der Waals surface area contributed by atoms with Crippen LogP contribution < -0.4 is 0 Å². The van der Waals surface area contributed by atoms with Gasteiger partial charge in [0.05, 0.1) is 0 Å². The Kier molecular flexibility index (Phi) is 4.25. The predicted octanol–water partition coefficient (Wildman–Crippen LogP) is 2.95. The van der Waals surface area contributed by atoms with Gasteiger partial charge in [-0.3, -0.25) is 14.9 Å². The van der Waals surface area contributed by atoms with Gasteiger partial charge in [0.1, 0.15) is 16.8 Å². The van der Waals surface area contributed by atoms with Gasteiger partial charge >= 0.3 is 0 Å². The van der Waals surface area contributed by atoms with Crippen LogP contribution in [0.1, 0.15) is 50.7 Å². The summed E-state index contributed by atoms with van der Waals surface area (Å²) in [6, 6.07) is 5.99. The summed E-state index contributed by atoms with van der Waals surface area (Å²) in [6.07, 6.45) is 0.739. The van der Waals surface area contributed by atoms with E-state index in [0.717, 1.165) is 5.56 Å². The fourth-order valence-electron chi connectivity index (χ4n) is 5.22. The van der Waals surface area contributed by atoms with Gasteiger partial charge in [0, 0.05) is 29.3 Å². The highest BCUT2D eigenvalue weighted by Gasteiger charge is 2.70. The monoisotopic (exact) mass is 419 g/mol. The molecule has 0 unspecified atom stereocenters. The maximum atomic E-state index is 13.2. The van der Waals surface area contributed by atoms with Crippen LogP contribution >= 0.6 is 0 Å². The molecule has 0 aromatic heterocycles. The Morgan fingerprint density at radius 3 is 2.34 bits per heavy atom. The molecule has 1 aliphatic carbocycles. The molecule has 29 heavy (non-hydrogen) atoms. The molecule has 1 aromatic rings. The normalized spacial score (nSPS) is 34.9. The van der Waals surface area contributed by atoms with Crippen LogP contribution in [0.2, 0.25) is 0 Å². The van der Waals surface area contributed by atoms with Gasteiger partial charge in [-0.1, -0.05) is 43.7 Å². The number of allylic oxidation sites excluding steroid dienone is 2. The van der Waals surface area contributed by atoms with E-state index in [9.17, 15) is 23.3 Å². The molecule has 0 N–H and O–H groups in total. The van der Waals surface area contributed by atoms with E-state index in [1.54, 1.807) is 0 Å². The topological polar surface area (TPSA) is 104 Å². The number of rotatable bonds is 2. The highest BCUT2D eigenvalue weighted by atomic mass is 32.2. The number of sulfone groups is 1. The summed E-state index contributed by atoms with van der Waals surface area (Å²) in [5, 5.41) is 10.6. The van der Waals surface area contributed by atoms with Crippen molar-refractivity contribution < 1.29 is 22.9 Å². The van der Waals surface area contributed by atoms with E-state index in [0.29, 0.717) is 29.7 Å². The fourth-order valence-corrected chi connectivity index (χ4v) is 7.94. The van der Waals surface area contributed by atoms with E-state index in [-0.39, 0.29) is 11.2 Å². The van der Waals surface area contributed by atoms with E-state index in [4.69, 9.17) is 4.74 Å². The molecular weight excluding hydrogens is 394 g/mol. The van der Waals surface area contributed by atoms with Crippen molar-refractivity contribution in [1.29, 1.82) is 0 Å². The molecular formula is C21H25NO6S. The average Bonchev–Trinajstić information content (AvgIpc) is 2.79. The van der Waals surface area contributed by atoms with Gasteiger partial charge in [0.25, 0.3) is 6.04 Å². The lowest BCUT2D eigenvalue weighted by molar-refractivity contribution is -0.537. The van der Waals surface area contributed by atoms with E-state index in [1.165, 1.54) is 6.92 Å². The van der Waals surface area contributed by atoms with E-state index >= 15 is 0 Å². The van der Waals surface area contributed by atoms with Crippen molar-refractivity contribution >= 4 is 15.6 Å². The second kappa shape index (κ2) is 6.14. The number of carbonyl (C=O) groups excluding carboxylic acids is 1. The van der Waals surface area contributed by atoms with Crippen molar-refractivity contribution in [3.8, 4) is 0 Å². The molecule has 3 aliphatic rings. The van der Waals surface area contributed by atoms with Crippen LogP contribution in [-0.2, 0) is 19.4 Å². The Morgan fingerprint density at radius 2 is 1.76 bits per heavy atom. The summed E-state index contributed by atoms with van der Waals surface area (Å²) in [6.45, 7) is 7.34. The summed E-state index contributed by atoms with van der Waals surface area (Å²) in [5.74, 6) is -1.06. The van der Waals surface area contributed by atoms with Crippen molar-refractivity contribution in [1.82, 2.24) is 0 Å². The molecule has 2 aliphatic heterocycles. The number of fused-ring (bicyclic) bond motifs is 1. The molecule has 0 spiro atoms. The Morgan fingerprint density at radius 1 is 1.14 bits per heavy atom. The van der Waals surface area contributed by atoms with Crippen molar-refractivity contribution in [3.63, 3.8) is 0 Å². The van der Waals surface area contributed by atoms with Crippen LogP contribution in [0.15, 0.2) is 35.6 Å². The third-order valence-corrected chi connectivity index (χ3v) is 8.82. The highest BCUT2D eigenvalue weighted by molar-refractivity contribution is 7.92. The van der Waals surface area contributed by atoms with Crippen molar-refractivity contribution in [3.05, 3.63) is 56.8 Å². The molecule has 0 radical (unpaired) electrons. The summed E-state index contributed by atoms with van der Waals surface area (Å²) in [4.78, 5) is 24.4. The van der Waals surface area contributed by atoms with Gasteiger partial charge in [-0.05, 0) is 24.8 Å². The Labute approximate surface area is 170 Å². The molecule has 1 saturated heterocycles. The van der Waals surface area contributed by atoms with Gasteiger partial charge in [0.15, 0.2) is 21.2 Å². The van der Waals surface area contributed by atoms with E-state index in [2.05, 4.69) is 0 Å².